The van der Waals surface area contributed by atoms with Gasteiger partial charge in [-0.05, 0) is 30.2 Å². The predicted octanol–water partition coefficient (Wildman–Crippen LogP) is 5.09. The Balaban J connectivity index is 1.82. The number of carbonyl (C=O) groups excluding carboxylic acids is 1. The minimum Gasteiger partial charge on any atom is -0.397 e. The molecule has 0 aliphatic heterocycles. The quantitative estimate of drug-likeness (QED) is 0.216. The first kappa shape index (κ1) is 21.2. The summed E-state index contributed by atoms with van der Waals surface area (Å²) in [5.74, 6) is -0.0187. The number of hydrogen-bond donors (Lipinski definition) is 3. The van der Waals surface area contributed by atoms with E-state index in [2.05, 4.69) is 17.6 Å². The summed E-state index contributed by atoms with van der Waals surface area (Å²) >= 11 is 0. The van der Waals surface area contributed by atoms with Crippen molar-refractivity contribution >= 4 is 28.7 Å². The maximum Gasteiger partial charge on any atom is 0.269 e. The van der Waals surface area contributed by atoms with Gasteiger partial charge in [-0.25, -0.2) is 0 Å². The van der Waals surface area contributed by atoms with Crippen LogP contribution in [-0.2, 0) is 11.3 Å². The molecule has 0 aromatic heterocycles. The summed E-state index contributed by atoms with van der Waals surface area (Å²) in [6.07, 6.45) is 6.03. The highest BCUT2D eigenvalue weighted by Gasteiger charge is 2.07. The Labute approximate surface area is 165 Å². The molecule has 7 heteroatoms. The average Bonchev–Trinajstić information content (AvgIpc) is 2.68. The van der Waals surface area contributed by atoms with Gasteiger partial charge in [0.1, 0.15) is 0 Å². The molecule has 1 amide bonds. The van der Waals surface area contributed by atoms with E-state index >= 15 is 0 Å². The van der Waals surface area contributed by atoms with E-state index in [0.717, 1.165) is 24.1 Å². The molecule has 0 atom stereocenters. The number of non-ortho nitro benzene ring substituents is 1. The van der Waals surface area contributed by atoms with Crippen LogP contribution in [-0.4, -0.2) is 10.8 Å². The highest BCUT2D eigenvalue weighted by Crippen LogP contribution is 2.24. The molecule has 0 aliphatic rings. The van der Waals surface area contributed by atoms with Crippen molar-refractivity contribution in [3.8, 4) is 0 Å². The Kier molecular flexibility index (Phi) is 8.27. The van der Waals surface area contributed by atoms with Crippen molar-refractivity contribution in [3.05, 3.63) is 58.1 Å². The van der Waals surface area contributed by atoms with Crippen LogP contribution in [0.1, 0.15) is 51.0 Å². The fourth-order valence-corrected chi connectivity index (χ4v) is 2.83. The molecule has 0 saturated carbocycles. The lowest BCUT2D eigenvalue weighted by molar-refractivity contribution is -0.384. The maximum absolute atomic E-state index is 12.0. The van der Waals surface area contributed by atoms with E-state index in [9.17, 15) is 14.9 Å². The SMILES string of the molecule is CCCCCCCC(=O)Nc1ccc(NCc2ccc([N+](=O)[O-])cc2)cc1N. The van der Waals surface area contributed by atoms with Crippen molar-refractivity contribution in [3.63, 3.8) is 0 Å². The number of benzene rings is 2. The lowest BCUT2D eigenvalue weighted by atomic mass is 10.1. The van der Waals surface area contributed by atoms with Crippen molar-refractivity contribution in [2.45, 2.75) is 52.0 Å². The number of carbonyl (C=O) groups is 1. The van der Waals surface area contributed by atoms with Crippen LogP contribution in [0.2, 0.25) is 0 Å². The Morgan fingerprint density at radius 3 is 2.43 bits per heavy atom. The van der Waals surface area contributed by atoms with Crippen LogP contribution >= 0.6 is 0 Å². The van der Waals surface area contributed by atoms with Crippen molar-refractivity contribution in [2.24, 2.45) is 0 Å². The van der Waals surface area contributed by atoms with Gasteiger partial charge in [-0.3, -0.25) is 14.9 Å². The number of nitrogens with zero attached hydrogens (tertiary/aromatic N) is 1. The first-order valence-corrected chi connectivity index (χ1v) is 9.66. The van der Waals surface area contributed by atoms with E-state index in [1.807, 2.05) is 6.07 Å². The molecule has 0 unspecified atom stereocenters. The van der Waals surface area contributed by atoms with E-state index in [1.54, 1.807) is 24.3 Å². The van der Waals surface area contributed by atoms with Crippen molar-refractivity contribution < 1.29 is 9.72 Å². The van der Waals surface area contributed by atoms with Gasteiger partial charge in [0.2, 0.25) is 5.91 Å². The van der Waals surface area contributed by atoms with Crippen LogP contribution in [0.3, 0.4) is 0 Å². The van der Waals surface area contributed by atoms with Gasteiger partial charge in [0.25, 0.3) is 5.69 Å². The number of nitrogens with two attached hydrogens (primary N) is 1. The summed E-state index contributed by atoms with van der Waals surface area (Å²) in [5.41, 5.74) is 8.96. The molecule has 2 aromatic carbocycles. The second kappa shape index (κ2) is 10.9. The number of nitro groups is 1. The first-order valence-electron chi connectivity index (χ1n) is 9.66. The number of amides is 1. The number of rotatable bonds is 11. The minimum absolute atomic E-state index is 0.0187. The van der Waals surface area contributed by atoms with Gasteiger partial charge in [0, 0.05) is 30.8 Å². The molecule has 4 N–H and O–H groups in total. The van der Waals surface area contributed by atoms with E-state index in [1.165, 1.54) is 31.4 Å². The number of hydrogen-bond acceptors (Lipinski definition) is 5. The second-order valence-electron chi connectivity index (χ2n) is 6.79. The molecule has 0 bridgehead atoms. The van der Waals surface area contributed by atoms with Crippen LogP contribution in [0.5, 0.6) is 0 Å². The number of anilines is 3. The third kappa shape index (κ3) is 6.90. The number of unbranched alkanes of at least 4 members (excludes halogenated alkanes) is 4. The van der Waals surface area contributed by atoms with E-state index in [-0.39, 0.29) is 11.6 Å². The normalized spacial score (nSPS) is 10.5. The van der Waals surface area contributed by atoms with Crippen LogP contribution in [0.15, 0.2) is 42.5 Å². The monoisotopic (exact) mass is 384 g/mol. The molecule has 0 aliphatic carbocycles. The van der Waals surface area contributed by atoms with Crippen LogP contribution in [0, 0.1) is 10.1 Å². The Bertz CT molecular complexity index is 791. The summed E-state index contributed by atoms with van der Waals surface area (Å²) < 4.78 is 0. The Morgan fingerprint density at radius 1 is 1.07 bits per heavy atom. The van der Waals surface area contributed by atoms with Crippen LogP contribution < -0.4 is 16.4 Å². The van der Waals surface area contributed by atoms with Gasteiger partial charge in [-0.15, -0.1) is 0 Å². The number of nitrogen functional groups attached to an aromatic ring is 1. The molecule has 28 heavy (non-hydrogen) atoms. The number of nitrogens with one attached hydrogen (secondary N) is 2. The third-order valence-electron chi connectivity index (χ3n) is 4.48. The zero-order chi connectivity index (χ0) is 20.4. The standard InChI is InChI=1S/C21H28N4O3/c1-2-3-4-5-6-7-21(26)24-20-13-10-17(14-19(20)22)23-15-16-8-11-18(12-9-16)25(27)28/h8-14,23H,2-7,15,22H2,1H3,(H,24,26). The highest BCUT2D eigenvalue weighted by molar-refractivity contribution is 5.94. The highest BCUT2D eigenvalue weighted by atomic mass is 16.6. The zero-order valence-electron chi connectivity index (χ0n) is 16.2. The van der Waals surface area contributed by atoms with Crippen LogP contribution in [0.25, 0.3) is 0 Å². The average molecular weight is 384 g/mol. The first-order chi connectivity index (χ1) is 13.5. The second-order valence-corrected chi connectivity index (χ2v) is 6.79. The molecular formula is C21H28N4O3. The lowest BCUT2D eigenvalue weighted by Gasteiger charge is -2.12. The summed E-state index contributed by atoms with van der Waals surface area (Å²) in [7, 11) is 0. The van der Waals surface area contributed by atoms with Crippen molar-refractivity contribution in [1.82, 2.24) is 0 Å². The molecule has 150 valence electrons. The largest absolute Gasteiger partial charge is 0.397 e. The van der Waals surface area contributed by atoms with Crippen molar-refractivity contribution in [2.75, 3.05) is 16.4 Å². The molecule has 7 nitrogen and oxygen atoms in total. The molecule has 2 aromatic rings. The predicted molar refractivity (Wildman–Crippen MR) is 113 cm³/mol. The summed E-state index contributed by atoms with van der Waals surface area (Å²) in [5, 5.41) is 16.8. The molecule has 0 fully saturated rings. The topological polar surface area (TPSA) is 110 Å². The van der Waals surface area contributed by atoms with Gasteiger partial charge in [-0.1, -0.05) is 44.7 Å². The zero-order valence-corrected chi connectivity index (χ0v) is 16.2. The Hall–Kier alpha value is -3.09. The fourth-order valence-electron chi connectivity index (χ4n) is 2.83. The van der Waals surface area contributed by atoms with E-state index < -0.39 is 4.92 Å². The third-order valence-corrected chi connectivity index (χ3v) is 4.48. The summed E-state index contributed by atoms with van der Waals surface area (Å²) in [6, 6.07) is 11.8. The minimum atomic E-state index is -0.421. The summed E-state index contributed by atoms with van der Waals surface area (Å²) in [6.45, 7) is 2.68. The smallest absolute Gasteiger partial charge is 0.269 e. The molecule has 0 spiro atoms. The van der Waals surface area contributed by atoms with Crippen LogP contribution in [0.4, 0.5) is 22.7 Å². The van der Waals surface area contributed by atoms with Gasteiger partial charge in [0.05, 0.1) is 16.3 Å². The number of nitro benzene ring substituents is 1. The van der Waals surface area contributed by atoms with Gasteiger partial charge in [0.15, 0.2) is 0 Å². The lowest BCUT2D eigenvalue weighted by Crippen LogP contribution is -2.12. The molecular weight excluding hydrogens is 356 g/mol. The maximum atomic E-state index is 12.0. The van der Waals surface area contributed by atoms with E-state index in [0.29, 0.717) is 24.3 Å². The van der Waals surface area contributed by atoms with E-state index in [4.69, 9.17) is 5.73 Å². The van der Waals surface area contributed by atoms with Gasteiger partial charge >= 0.3 is 0 Å². The van der Waals surface area contributed by atoms with Gasteiger partial charge in [-0.2, -0.15) is 0 Å². The Morgan fingerprint density at radius 2 is 1.79 bits per heavy atom. The molecule has 2 rings (SSSR count). The van der Waals surface area contributed by atoms with Crippen molar-refractivity contribution in [1.29, 1.82) is 0 Å². The fraction of sp³-hybridized carbons (Fsp3) is 0.381. The molecule has 0 saturated heterocycles. The molecule has 0 radical (unpaired) electrons. The molecule has 0 heterocycles. The summed E-state index contributed by atoms with van der Waals surface area (Å²) in [4.78, 5) is 22.3. The van der Waals surface area contributed by atoms with Gasteiger partial charge < -0.3 is 16.4 Å².